The van der Waals surface area contributed by atoms with E-state index in [1.807, 2.05) is 17.5 Å². The van der Waals surface area contributed by atoms with Gasteiger partial charge in [0.25, 0.3) is 0 Å². The predicted octanol–water partition coefficient (Wildman–Crippen LogP) is 2.04. The molecule has 0 N–H and O–H groups in total. The molecular weight excluding hydrogens is 112 g/mol. The fourth-order valence-electron chi connectivity index (χ4n) is 0.270. The third-order valence-electron chi connectivity index (χ3n) is 0.506. The molecule has 0 fully saturated rings. The van der Waals surface area contributed by atoms with Crippen molar-refractivity contribution in [3.05, 3.63) is 17.5 Å². The third-order valence-corrected chi connectivity index (χ3v) is 1.64. The zero-order valence-electron chi connectivity index (χ0n) is 3.09. The highest BCUT2D eigenvalue weighted by molar-refractivity contribution is 7.82. The van der Waals surface area contributed by atoms with Crippen LogP contribution in [0.5, 0.6) is 0 Å². The summed E-state index contributed by atoms with van der Waals surface area (Å²) in [7, 11) is 0. The minimum Gasteiger partial charge on any atom is -0.138 e. The summed E-state index contributed by atoms with van der Waals surface area (Å²) in [6.45, 7) is 0. The molecule has 1 aromatic rings. The first-order chi connectivity index (χ1) is 2.89. The average Bonchev–Trinajstić information content (AvgIpc) is 1.86. The molecule has 0 aromatic carbocycles. The quantitative estimate of drug-likeness (QED) is 0.493. The van der Waals surface area contributed by atoms with Crippen LogP contribution < -0.4 is 0 Å². The first-order valence-electron chi connectivity index (χ1n) is 1.62. The van der Waals surface area contributed by atoms with Gasteiger partial charge in [0.2, 0.25) is 0 Å². The molecule has 0 nitrogen and oxygen atoms in total. The molecule has 0 spiro atoms. The number of hydrogen-bond acceptors (Lipinski definition) is 2. The minimum atomic E-state index is 1.08. The summed E-state index contributed by atoms with van der Waals surface area (Å²) in [5.41, 5.74) is 0. The van der Waals surface area contributed by atoms with Crippen LogP contribution in [-0.2, 0) is 0 Å². The Morgan fingerprint density at radius 1 is 1.67 bits per heavy atom. The summed E-state index contributed by atoms with van der Waals surface area (Å²) >= 11 is 5.70. The Hall–Kier alpha value is 0.0500. The maximum absolute atomic E-state index is 4.05. The largest absolute Gasteiger partial charge is 0.138 e. The first-order valence-corrected chi connectivity index (χ1v) is 2.95. The van der Waals surface area contributed by atoms with Gasteiger partial charge in [-0.05, 0) is 11.4 Å². The van der Waals surface area contributed by atoms with E-state index in [-0.39, 0.29) is 0 Å². The molecule has 2 heteroatoms. The van der Waals surface area contributed by atoms with Crippen LogP contribution in [0.2, 0.25) is 0 Å². The van der Waals surface area contributed by atoms with Crippen LogP contribution in [0.3, 0.4) is 0 Å². The van der Waals surface area contributed by atoms with Crippen molar-refractivity contribution in [2.24, 2.45) is 0 Å². The molecule has 0 saturated carbocycles. The summed E-state index contributed by atoms with van der Waals surface area (Å²) < 4.78 is 1.08. The van der Waals surface area contributed by atoms with E-state index >= 15 is 0 Å². The van der Waals surface area contributed by atoms with Gasteiger partial charge in [-0.1, -0.05) is 6.07 Å². The molecule has 0 atom stereocenters. The standard InChI is InChI=1S/C4H4S2/c5-4-2-1-3-6-4/h1-3,5H. The molecule has 0 unspecified atom stereocenters. The molecule has 1 heterocycles. The molecule has 0 aliphatic carbocycles. The topological polar surface area (TPSA) is 0 Å². The van der Waals surface area contributed by atoms with Gasteiger partial charge in [0.1, 0.15) is 0 Å². The molecular formula is C4H4S2. The highest BCUT2D eigenvalue weighted by Gasteiger charge is 1.75. The maximum Gasteiger partial charge on any atom is 0.0567 e. The summed E-state index contributed by atoms with van der Waals surface area (Å²) in [5.74, 6) is 0. The van der Waals surface area contributed by atoms with E-state index in [4.69, 9.17) is 0 Å². The van der Waals surface area contributed by atoms with Gasteiger partial charge in [0.15, 0.2) is 0 Å². The van der Waals surface area contributed by atoms with E-state index in [1.54, 1.807) is 11.3 Å². The molecule has 0 radical (unpaired) electrons. The normalized spacial score (nSPS) is 8.83. The highest BCUT2D eigenvalue weighted by atomic mass is 32.2. The van der Waals surface area contributed by atoms with E-state index in [0.717, 1.165) is 4.21 Å². The first kappa shape index (κ1) is 4.22. The monoisotopic (exact) mass is 116 g/mol. The van der Waals surface area contributed by atoms with E-state index in [9.17, 15) is 0 Å². The molecule has 32 valence electrons. The maximum atomic E-state index is 4.05. The Morgan fingerprint density at radius 2 is 2.50 bits per heavy atom. The van der Waals surface area contributed by atoms with Crippen LogP contribution in [0.25, 0.3) is 0 Å². The molecule has 0 amide bonds. The Morgan fingerprint density at radius 3 is 2.67 bits per heavy atom. The number of thiophene rings is 1. The summed E-state index contributed by atoms with van der Waals surface area (Å²) in [4.78, 5) is 0. The van der Waals surface area contributed by atoms with Gasteiger partial charge < -0.3 is 0 Å². The molecule has 0 aliphatic rings. The predicted molar refractivity (Wildman–Crippen MR) is 31.6 cm³/mol. The van der Waals surface area contributed by atoms with Crippen LogP contribution in [0.15, 0.2) is 21.7 Å². The summed E-state index contributed by atoms with van der Waals surface area (Å²) in [6, 6.07) is 3.95. The molecule has 0 saturated heterocycles. The number of rotatable bonds is 0. The van der Waals surface area contributed by atoms with Crippen LogP contribution in [0.4, 0.5) is 0 Å². The molecule has 0 bridgehead atoms. The lowest BCUT2D eigenvalue weighted by Crippen LogP contribution is -1.32. The van der Waals surface area contributed by atoms with Crippen molar-refractivity contribution < 1.29 is 0 Å². The number of hydrogen-bond donors (Lipinski definition) is 1. The second-order valence-corrected chi connectivity index (χ2v) is 2.68. The Labute approximate surface area is 46.2 Å². The van der Waals surface area contributed by atoms with Gasteiger partial charge >= 0.3 is 0 Å². The number of thiol groups is 1. The molecule has 1 aromatic heterocycles. The second-order valence-electron chi connectivity index (χ2n) is 0.951. The van der Waals surface area contributed by atoms with Crippen molar-refractivity contribution in [3.63, 3.8) is 0 Å². The Kier molecular flexibility index (Phi) is 1.17. The molecule has 1 rings (SSSR count). The lowest BCUT2D eigenvalue weighted by Gasteiger charge is -1.64. The van der Waals surface area contributed by atoms with Crippen molar-refractivity contribution >= 4 is 24.0 Å². The average molecular weight is 116 g/mol. The van der Waals surface area contributed by atoms with Crippen molar-refractivity contribution in [2.75, 3.05) is 0 Å². The van der Waals surface area contributed by atoms with Gasteiger partial charge in [-0.2, -0.15) is 0 Å². The van der Waals surface area contributed by atoms with Gasteiger partial charge in [0.05, 0.1) is 4.21 Å². The zero-order chi connectivity index (χ0) is 4.41. The van der Waals surface area contributed by atoms with Crippen molar-refractivity contribution in [1.29, 1.82) is 0 Å². The second kappa shape index (κ2) is 1.67. The fraction of sp³-hybridized carbons (Fsp3) is 0. The van der Waals surface area contributed by atoms with Gasteiger partial charge in [0, 0.05) is 0 Å². The van der Waals surface area contributed by atoms with Crippen molar-refractivity contribution in [2.45, 2.75) is 4.21 Å². The summed E-state index contributed by atoms with van der Waals surface area (Å²) in [6.07, 6.45) is 0. The molecule has 6 heavy (non-hydrogen) atoms. The van der Waals surface area contributed by atoms with Crippen LogP contribution in [0.1, 0.15) is 0 Å². The van der Waals surface area contributed by atoms with Gasteiger partial charge in [-0.3, -0.25) is 0 Å². The summed E-state index contributed by atoms with van der Waals surface area (Å²) in [5, 5.41) is 2.00. The van der Waals surface area contributed by atoms with Gasteiger partial charge in [-0.25, -0.2) is 0 Å². The van der Waals surface area contributed by atoms with E-state index < -0.39 is 0 Å². The van der Waals surface area contributed by atoms with Crippen molar-refractivity contribution in [1.82, 2.24) is 0 Å². The minimum absolute atomic E-state index is 1.08. The lowest BCUT2D eigenvalue weighted by atomic mass is 10.7. The lowest BCUT2D eigenvalue weighted by molar-refractivity contribution is 1.77. The van der Waals surface area contributed by atoms with E-state index in [2.05, 4.69) is 12.6 Å². The van der Waals surface area contributed by atoms with E-state index in [1.165, 1.54) is 0 Å². The molecule has 0 aliphatic heterocycles. The van der Waals surface area contributed by atoms with Gasteiger partial charge in [-0.15, -0.1) is 24.0 Å². The van der Waals surface area contributed by atoms with Crippen molar-refractivity contribution in [3.8, 4) is 0 Å². The Balaban J connectivity index is 3.05. The van der Waals surface area contributed by atoms with Crippen LogP contribution in [0, 0.1) is 0 Å². The van der Waals surface area contributed by atoms with Crippen LogP contribution >= 0.6 is 24.0 Å². The smallest absolute Gasteiger partial charge is 0.0567 e. The van der Waals surface area contributed by atoms with E-state index in [0.29, 0.717) is 0 Å². The Bertz CT molecular complexity index is 109. The third kappa shape index (κ3) is 0.758. The SMILES string of the molecule is Sc1cccs1. The fourth-order valence-corrected chi connectivity index (χ4v) is 0.992. The zero-order valence-corrected chi connectivity index (χ0v) is 4.80. The van der Waals surface area contributed by atoms with Crippen LogP contribution in [-0.4, -0.2) is 0 Å². The highest BCUT2D eigenvalue weighted by Crippen LogP contribution is 2.11.